The Morgan fingerprint density at radius 2 is 2.05 bits per heavy atom. The van der Waals surface area contributed by atoms with Crippen LogP contribution in [0.3, 0.4) is 0 Å². The third-order valence-electron chi connectivity index (χ3n) is 4.39. The van der Waals surface area contributed by atoms with Crippen LogP contribution in [0, 0.1) is 5.92 Å². The molecule has 3 N–H and O–H groups in total. The number of halogens is 1. The fourth-order valence-electron chi connectivity index (χ4n) is 2.69. The van der Waals surface area contributed by atoms with E-state index >= 15 is 0 Å². The Labute approximate surface area is 134 Å². The number of nitrogens with one attached hydrogen (secondary N) is 2. The highest BCUT2D eigenvalue weighted by molar-refractivity contribution is 9.10. The van der Waals surface area contributed by atoms with Crippen molar-refractivity contribution in [2.45, 2.75) is 57.1 Å². The molecular formula is C15H23BrN4O. The van der Waals surface area contributed by atoms with Gasteiger partial charge in [-0.15, -0.1) is 0 Å². The molecule has 0 amide bonds. The molecule has 3 rings (SSSR count). The molecule has 0 bridgehead atoms. The monoisotopic (exact) mass is 354 g/mol. The summed E-state index contributed by atoms with van der Waals surface area (Å²) in [5, 5.41) is 16.8. The summed E-state index contributed by atoms with van der Waals surface area (Å²) in [7, 11) is 0. The lowest BCUT2D eigenvalue weighted by Crippen LogP contribution is -2.36. The van der Waals surface area contributed by atoms with E-state index in [9.17, 15) is 5.11 Å². The zero-order valence-electron chi connectivity index (χ0n) is 12.4. The van der Waals surface area contributed by atoms with Gasteiger partial charge < -0.3 is 15.7 Å². The molecule has 0 spiro atoms. The lowest BCUT2D eigenvalue weighted by atomic mass is 9.84. The van der Waals surface area contributed by atoms with Crippen molar-refractivity contribution >= 4 is 27.7 Å². The zero-order chi connectivity index (χ0) is 14.9. The van der Waals surface area contributed by atoms with Gasteiger partial charge in [0.25, 0.3) is 0 Å². The van der Waals surface area contributed by atoms with Crippen molar-refractivity contribution in [1.29, 1.82) is 0 Å². The van der Waals surface area contributed by atoms with E-state index in [0.29, 0.717) is 12.0 Å². The van der Waals surface area contributed by atoms with E-state index in [1.54, 1.807) is 6.20 Å². The number of rotatable bonds is 5. The molecule has 21 heavy (non-hydrogen) atoms. The molecule has 1 aromatic rings. The first-order valence-corrected chi connectivity index (χ1v) is 8.56. The standard InChI is InChI=1S/C15H23BrN4O/c1-15(21)6-4-11(5-7-15)19-13-12(16)9-18-14(20-13)17-8-10-2-3-10/h9-11,21H,2-8H2,1H3,(H2,17,18,19,20). The van der Waals surface area contributed by atoms with Gasteiger partial charge in [0.15, 0.2) is 0 Å². The first-order chi connectivity index (χ1) is 10.0. The highest BCUT2D eigenvalue weighted by Gasteiger charge is 2.29. The van der Waals surface area contributed by atoms with Crippen LogP contribution in [0.15, 0.2) is 10.7 Å². The van der Waals surface area contributed by atoms with E-state index in [0.717, 1.165) is 48.4 Å². The van der Waals surface area contributed by atoms with Crippen LogP contribution in [0.25, 0.3) is 0 Å². The second kappa shape index (κ2) is 6.08. The molecule has 0 saturated heterocycles. The Morgan fingerprint density at radius 1 is 1.33 bits per heavy atom. The maximum Gasteiger partial charge on any atom is 0.224 e. The molecule has 1 aromatic heterocycles. The van der Waals surface area contributed by atoms with Crippen LogP contribution >= 0.6 is 15.9 Å². The summed E-state index contributed by atoms with van der Waals surface area (Å²) >= 11 is 3.51. The van der Waals surface area contributed by atoms with Gasteiger partial charge in [0.1, 0.15) is 5.82 Å². The lowest BCUT2D eigenvalue weighted by molar-refractivity contribution is 0.0196. The predicted octanol–water partition coefficient (Wildman–Crippen LogP) is 3.17. The summed E-state index contributed by atoms with van der Waals surface area (Å²) in [6.45, 7) is 2.89. The maximum atomic E-state index is 10.0. The Morgan fingerprint density at radius 3 is 2.71 bits per heavy atom. The van der Waals surface area contributed by atoms with Crippen LogP contribution in [0.4, 0.5) is 11.8 Å². The van der Waals surface area contributed by atoms with Gasteiger partial charge in [-0.1, -0.05) is 0 Å². The molecule has 0 unspecified atom stereocenters. The smallest absolute Gasteiger partial charge is 0.224 e. The van der Waals surface area contributed by atoms with Crippen molar-refractivity contribution in [1.82, 2.24) is 9.97 Å². The molecule has 2 saturated carbocycles. The minimum atomic E-state index is -0.502. The van der Waals surface area contributed by atoms with Gasteiger partial charge in [0, 0.05) is 18.8 Å². The van der Waals surface area contributed by atoms with Crippen molar-refractivity contribution in [2.24, 2.45) is 5.92 Å². The lowest BCUT2D eigenvalue weighted by Gasteiger charge is -2.33. The Bertz CT molecular complexity index is 494. The Balaban J connectivity index is 1.59. The van der Waals surface area contributed by atoms with Crippen molar-refractivity contribution in [3.8, 4) is 0 Å². The number of anilines is 2. The number of aromatic nitrogens is 2. The third kappa shape index (κ3) is 4.30. The summed E-state index contributed by atoms with van der Waals surface area (Å²) in [5.74, 6) is 2.33. The second-order valence-corrected chi connectivity index (χ2v) is 7.48. The minimum absolute atomic E-state index is 0.368. The summed E-state index contributed by atoms with van der Waals surface area (Å²) in [4.78, 5) is 8.87. The number of nitrogens with zero attached hydrogens (tertiary/aromatic N) is 2. The molecule has 0 atom stereocenters. The summed E-state index contributed by atoms with van der Waals surface area (Å²) in [6.07, 6.45) is 8.03. The van der Waals surface area contributed by atoms with Crippen LogP contribution in [0.1, 0.15) is 45.4 Å². The van der Waals surface area contributed by atoms with Gasteiger partial charge in [-0.25, -0.2) is 4.98 Å². The highest BCUT2D eigenvalue weighted by atomic mass is 79.9. The molecule has 5 nitrogen and oxygen atoms in total. The highest BCUT2D eigenvalue weighted by Crippen LogP contribution is 2.31. The molecular weight excluding hydrogens is 332 g/mol. The van der Waals surface area contributed by atoms with E-state index < -0.39 is 5.60 Å². The summed E-state index contributed by atoms with van der Waals surface area (Å²) in [6, 6.07) is 0.368. The fourth-order valence-corrected chi connectivity index (χ4v) is 2.99. The molecule has 116 valence electrons. The topological polar surface area (TPSA) is 70.1 Å². The van der Waals surface area contributed by atoms with E-state index in [-0.39, 0.29) is 0 Å². The van der Waals surface area contributed by atoms with Gasteiger partial charge in [-0.05, 0) is 67.3 Å². The minimum Gasteiger partial charge on any atom is -0.390 e. The van der Waals surface area contributed by atoms with E-state index in [2.05, 4.69) is 36.5 Å². The molecule has 6 heteroatoms. The number of aliphatic hydroxyl groups is 1. The first kappa shape index (κ1) is 15.0. The summed E-state index contributed by atoms with van der Waals surface area (Å²) in [5.41, 5.74) is -0.502. The number of hydrogen-bond acceptors (Lipinski definition) is 5. The van der Waals surface area contributed by atoms with E-state index in [4.69, 9.17) is 0 Å². The van der Waals surface area contributed by atoms with E-state index in [1.807, 2.05) is 6.92 Å². The van der Waals surface area contributed by atoms with Gasteiger partial charge >= 0.3 is 0 Å². The van der Waals surface area contributed by atoms with Crippen molar-refractivity contribution in [3.63, 3.8) is 0 Å². The number of hydrogen-bond donors (Lipinski definition) is 3. The largest absolute Gasteiger partial charge is 0.390 e. The van der Waals surface area contributed by atoms with Gasteiger partial charge in [0.2, 0.25) is 5.95 Å². The van der Waals surface area contributed by atoms with E-state index in [1.165, 1.54) is 12.8 Å². The zero-order valence-corrected chi connectivity index (χ0v) is 14.0. The quantitative estimate of drug-likeness (QED) is 0.757. The third-order valence-corrected chi connectivity index (χ3v) is 4.97. The van der Waals surface area contributed by atoms with Crippen LogP contribution in [0.2, 0.25) is 0 Å². The predicted molar refractivity (Wildman–Crippen MR) is 87.4 cm³/mol. The van der Waals surface area contributed by atoms with Crippen LogP contribution < -0.4 is 10.6 Å². The van der Waals surface area contributed by atoms with Crippen LogP contribution in [0.5, 0.6) is 0 Å². The Kier molecular flexibility index (Phi) is 4.36. The molecule has 2 aliphatic rings. The van der Waals surface area contributed by atoms with Crippen molar-refractivity contribution in [3.05, 3.63) is 10.7 Å². The van der Waals surface area contributed by atoms with Crippen molar-refractivity contribution < 1.29 is 5.11 Å². The average Bonchev–Trinajstić information content (AvgIpc) is 3.26. The normalized spacial score (nSPS) is 29.2. The van der Waals surface area contributed by atoms with Crippen molar-refractivity contribution in [2.75, 3.05) is 17.2 Å². The maximum absolute atomic E-state index is 10.0. The molecule has 2 aliphatic carbocycles. The van der Waals surface area contributed by atoms with Crippen LogP contribution in [-0.4, -0.2) is 33.3 Å². The van der Waals surface area contributed by atoms with Gasteiger partial charge in [-0.2, -0.15) is 4.98 Å². The Hall–Kier alpha value is -0.880. The molecule has 1 heterocycles. The van der Waals surface area contributed by atoms with Gasteiger partial charge in [0.05, 0.1) is 10.1 Å². The van der Waals surface area contributed by atoms with Crippen LogP contribution in [-0.2, 0) is 0 Å². The summed E-state index contributed by atoms with van der Waals surface area (Å²) < 4.78 is 0.886. The SMILES string of the molecule is CC1(O)CCC(Nc2nc(NCC3CC3)ncc2Br)CC1. The van der Waals surface area contributed by atoms with Gasteiger partial charge in [-0.3, -0.25) is 0 Å². The molecule has 0 aromatic carbocycles. The first-order valence-electron chi connectivity index (χ1n) is 7.77. The fraction of sp³-hybridized carbons (Fsp3) is 0.733. The molecule has 0 radical (unpaired) electrons. The molecule has 2 fully saturated rings. The molecule has 0 aliphatic heterocycles. The second-order valence-electron chi connectivity index (χ2n) is 6.63. The average molecular weight is 355 g/mol.